The number of carbonyl (C=O) groups is 1. The maximum Gasteiger partial charge on any atom is 0.136 e. The van der Waals surface area contributed by atoms with E-state index in [0.29, 0.717) is 23.5 Å². The first-order valence-corrected chi connectivity index (χ1v) is 3.86. The minimum atomic E-state index is 0.403. The molecular formula is C8H12O2. The van der Waals surface area contributed by atoms with Gasteiger partial charge in [0.2, 0.25) is 0 Å². The molecule has 2 nitrogen and oxygen atoms in total. The Morgan fingerprint density at radius 2 is 2.50 bits per heavy atom. The molecule has 0 aromatic heterocycles. The number of hydrogen-bond donors (Lipinski definition) is 0. The molecule has 2 aliphatic carbocycles. The van der Waals surface area contributed by atoms with E-state index >= 15 is 0 Å². The number of ether oxygens (including phenoxy) is 1. The Morgan fingerprint density at radius 3 is 3.00 bits per heavy atom. The van der Waals surface area contributed by atoms with E-state index in [1.165, 1.54) is 0 Å². The maximum absolute atomic E-state index is 11.0. The molecule has 10 heavy (non-hydrogen) atoms. The van der Waals surface area contributed by atoms with Gasteiger partial charge in [-0.25, -0.2) is 0 Å². The summed E-state index contributed by atoms with van der Waals surface area (Å²) in [5.74, 6) is 2.17. The Morgan fingerprint density at radius 1 is 1.70 bits per heavy atom. The molecule has 2 saturated carbocycles. The van der Waals surface area contributed by atoms with E-state index in [2.05, 4.69) is 0 Å². The molecule has 2 rings (SSSR count). The Labute approximate surface area is 60.6 Å². The molecule has 3 atom stereocenters. The van der Waals surface area contributed by atoms with Crippen molar-refractivity contribution in [2.45, 2.75) is 12.8 Å². The van der Waals surface area contributed by atoms with Gasteiger partial charge in [-0.05, 0) is 18.3 Å². The SMILES string of the molecule is COCC1C2CCC(=O)C21. The predicted octanol–water partition coefficient (Wildman–Crippen LogP) is 0.858. The zero-order valence-electron chi connectivity index (χ0n) is 6.17. The minimum Gasteiger partial charge on any atom is -0.384 e. The van der Waals surface area contributed by atoms with E-state index in [-0.39, 0.29) is 0 Å². The van der Waals surface area contributed by atoms with Crippen LogP contribution in [0.4, 0.5) is 0 Å². The van der Waals surface area contributed by atoms with Crippen molar-refractivity contribution < 1.29 is 9.53 Å². The maximum atomic E-state index is 11.0. The Hall–Kier alpha value is -0.370. The Bertz CT molecular complexity index is 165. The summed E-state index contributed by atoms with van der Waals surface area (Å²) in [6.45, 7) is 0.793. The van der Waals surface area contributed by atoms with Crippen LogP contribution in [0.1, 0.15) is 12.8 Å². The van der Waals surface area contributed by atoms with Gasteiger partial charge in [0.25, 0.3) is 0 Å². The van der Waals surface area contributed by atoms with Crippen LogP contribution in [-0.4, -0.2) is 19.5 Å². The number of fused-ring (bicyclic) bond motifs is 1. The van der Waals surface area contributed by atoms with Crippen molar-refractivity contribution in [2.75, 3.05) is 13.7 Å². The van der Waals surface area contributed by atoms with Crippen molar-refractivity contribution in [1.29, 1.82) is 0 Å². The third-order valence-electron chi connectivity index (χ3n) is 2.79. The lowest BCUT2D eigenvalue weighted by Gasteiger charge is -1.98. The van der Waals surface area contributed by atoms with Gasteiger partial charge in [0.15, 0.2) is 0 Å². The van der Waals surface area contributed by atoms with Crippen LogP contribution in [-0.2, 0) is 9.53 Å². The van der Waals surface area contributed by atoms with Gasteiger partial charge in [0.05, 0.1) is 0 Å². The second-order valence-electron chi connectivity index (χ2n) is 3.31. The van der Waals surface area contributed by atoms with E-state index in [0.717, 1.165) is 19.4 Å². The number of methoxy groups -OCH3 is 1. The minimum absolute atomic E-state index is 0.403. The van der Waals surface area contributed by atoms with Crippen LogP contribution in [0.2, 0.25) is 0 Å². The first-order chi connectivity index (χ1) is 4.84. The lowest BCUT2D eigenvalue weighted by molar-refractivity contribution is -0.119. The van der Waals surface area contributed by atoms with E-state index < -0.39 is 0 Å². The summed E-state index contributed by atoms with van der Waals surface area (Å²) in [5.41, 5.74) is 0. The summed E-state index contributed by atoms with van der Waals surface area (Å²) < 4.78 is 5.00. The topological polar surface area (TPSA) is 26.3 Å². The normalized spacial score (nSPS) is 43.7. The average molecular weight is 140 g/mol. The van der Waals surface area contributed by atoms with Crippen LogP contribution < -0.4 is 0 Å². The molecule has 0 saturated heterocycles. The van der Waals surface area contributed by atoms with E-state index in [4.69, 9.17) is 4.74 Å². The highest BCUT2D eigenvalue weighted by atomic mass is 16.5. The molecular weight excluding hydrogens is 128 g/mol. The standard InChI is InChI=1S/C8H12O2/c1-10-4-6-5-2-3-7(9)8(5)6/h5-6,8H,2-4H2,1H3. The van der Waals surface area contributed by atoms with Crippen LogP contribution in [0.3, 0.4) is 0 Å². The lowest BCUT2D eigenvalue weighted by atomic mass is 10.1. The molecule has 2 heteroatoms. The van der Waals surface area contributed by atoms with Gasteiger partial charge >= 0.3 is 0 Å². The zero-order chi connectivity index (χ0) is 7.14. The summed E-state index contributed by atoms with van der Waals surface area (Å²) in [5, 5.41) is 0. The average Bonchev–Trinajstić information content (AvgIpc) is 2.45. The summed E-state index contributed by atoms with van der Waals surface area (Å²) >= 11 is 0. The zero-order valence-corrected chi connectivity index (χ0v) is 6.17. The number of rotatable bonds is 2. The molecule has 0 amide bonds. The molecule has 2 aliphatic rings. The smallest absolute Gasteiger partial charge is 0.136 e. The van der Waals surface area contributed by atoms with Crippen LogP contribution in [0.25, 0.3) is 0 Å². The van der Waals surface area contributed by atoms with Gasteiger partial charge in [0, 0.05) is 26.1 Å². The third kappa shape index (κ3) is 0.717. The van der Waals surface area contributed by atoms with Crippen LogP contribution >= 0.6 is 0 Å². The lowest BCUT2D eigenvalue weighted by Crippen LogP contribution is -2.03. The van der Waals surface area contributed by atoms with Crippen LogP contribution in [0.5, 0.6) is 0 Å². The van der Waals surface area contributed by atoms with Crippen molar-refractivity contribution in [3.63, 3.8) is 0 Å². The highest BCUT2D eigenvalue weighted by Crippen LogP contribution is 2.55. The third-order valence-corrected chi connectivity index (χ3v) is 2.79. The van der Waals surface area contributed by atoms with Crippen molar-refractivity contribution in [1.82, 2.24) is 0 Å². The molecule has 0 aliphatic heterocycles. The van der Waals surface area contributed by atoms with Crippen molar-refractivity contribution in [3.05, 3.63) is 0 Å². The summed E-state index contributed by atoms with van der Waals surface area (Å²) in [4.78, 5) is 11.0. The summed E-state index contributed by atoms with van der Waals surface area (Å²) in [6.07, 6.45) is 1.95. The van der Waals surface area contributed by atoms with Gasteiger partial charge in [-0.2, -0.15) is 0 Å². The quantitative estimate of drug-likeness (QED) is 0.568. The first kappa shape index (κ1) is 6.35. The molecule has 0 radical (unpaired) electrons. The van der Waals surface area contributed by atoms with Gasteiger partial charge in [-0.3, -0.25) is 4.79 Å². The largest absolute Gasteiger partial charge is 0.384 e. The van der Waals surface area contributed by atoms with Crippen molar-refractivity contribution in [2.24, 2.45) is 17.8 Å². The molecule has 3 unspecified atom stereocenters. The van der Waals surface area contributed by atoms with Gasteiger partial charge in [-0.1, -0.05) is 0 Å². The molecule has 0 aromatic carbocycles. The number of ketones is 1. The highest BCUT2D eigenvalue weighted by Gasteiger charge is 2.57. The van der Waals surface area contributed by atoms with E-state index in [9.17, 15) is 4.79 Å². The van der Waals surface area contributed by atoms with Crippen LogP contribution in [0.15, 0.2) is 0 Å². The van der Waals surface area contributed by atoms with Gasteiger partial charge in [0.1, 0.15) is 5.78 Å². The Balaban J connectivity index is 1.92. The van der Waals surface area contributed by atoms with E-state index in [1.807, 2.05) is 0 Å². The Kier molecular flexibility index (Phi) is 1.31. The molecule has 0 spiro atoms. The highest BCUT2D eigenvalue weighted by molar-refractivity contribution is 5.87. The second kappa shape index (κ2) is 2.06. The first-order valence-electron chi connectivity index (χ1n) is 3.86. The van der Waals surface area contributed by atoms with Gasteiger partial charge < -0.3 is 4.74 Å². The number of hydrogen-bond acceptors (Lipinski definition) is 2. The molecule has 0 aromatic rings. The fourth-order valence-electron chi connectivity index (χ4n) is 2.21. The second-order valence-corrected chi connectivity index (χ2v) is 3.31. The summed E-state index contributed by atoms with van der Waals surface area (Å²) in [6, 6.07) is 0. The fourth-order valence-corrected chi connectivity index (χ4v) is 2.21. The van der Waals surface area contributed by atoms with Gasteiger partial charge in [-0.15, -0.1) is 0 Å². The summed E-state index contributed by atoms with van der Waals surface area (Å²) in [7, 11) is 1.71. The number of Topliss-reactive ketones (excluding diaryl/α,β-unsaturated/α-hetero) is 1. The molecule has 0 heterocycles. The monoisotopic (exact) mass is 140 g/mol. The van der Waals surface area contributed by atoms with Crippen LogP contribution in [0, 0.1) is 17.8 Å². The van der Waals surface area contributed by atoms with Crippen molar-refractivity contribution >= 4 is 5.78 Å². The van der Waals surface area contributed by atoms with Crippen molar-refractivity contribution in [3.8, 4) is 0 Å². The number of carbonyl (C=O) groups excluding carboxylic acids is 1. The molecule has 56 valence electrons. The van der Waals surface area contributed by atoms with E-state index in [1.54, 1.807) is 7.11 Å². The molecule has 2 fully saturated rings. The predicted molar refractivity (Wildman–Crippen MR) is 36.6 cm³/mol. The fraction of sp³-hybridized carbons (Fsp3) is 0.875. The molecule has 0 N–H and O–H groups in total. The molecule has 0 bridgehead atoms.